The number of sulfonamides is 1. The largest absolute Gasteiger partial charge is 0.381 e. The van der Waals surface area contributed by atoms with Crippen LogP contribution in [-0.2, 0) is 14.8 Å². The quantitative estimate of drug-likeness (QED) is 0.338. The molecule has 1 aliphatic rings. The van der Waals surface area contributed by atoms with Crippen molar-refractivity contribution in [3.63, 3.8) is 0 Å². The summed E-state index contributed by atoms with van der Waals surface area (Å²) in [7, 11) is -1.49. The molecule has 1 rings (SSSR count). The normalized spacial score (nSPS) is 17.0. The van der Waals surface area contributed by atoms with Gasteiger partial charge < -0.3 is 15.0 Å². The second-order valence-corrected chi connectivity index (χ2v) is 7.10. The van der Waals surface area contributed by atoms with Gasteiger partial charge in [-0.15, -0.1) is 24.0 Å². The molecule has 0 radical (unpaired) electrons. The minimum atomic E-state index is -3.46. The standard InChI is InChI=1S/C13H28N4O3S.HI/c1-3-15-13(16-7-11-21(14,18)19)17(2)8-4-12-5-9-20-10-6-12;/h12H,3-11H2,1-2H3,(H,15,16)(H2,14,18,19);1H. The lowest BCUT2D eigenvalue weighted by atomic mass is 9.96. The van der Waals surface area contributed by atoms with Crippen LogP contribution < -0.4 is 10.5 Å². The third-order valence-corrected chi connectivity index (χ3v) is 4.30. The maximum atomic E-state index is 10.9. The van der Waals surface area contributed by atoms with Crippen molar-refractivity contribution in [2.75, 3.05) is 45.6 Å². The number of nitrogens with one attached hydrogen (secondary N) is 1. The van der Waals surface area contributed by atoms with Crippen LogP contribution in [0.4, 0.5) is 0 Å². The first-order chi connectivity index (χ1) is 9.92. The second-order valence-electron chi connectivity index (χ2n) is 5.37. The van der Waals surface area contributed by atoms with Crippen LogP contribution in [0.1, 0.15) is 26.2 Å². The number of nitrogens with two attached hydrogens (primary N) is 1. The van der Waals surface area contributed by atoms with Crippen molar-refractivity contribution in [3.05, 3.63) is 0 Å². The van der Waals surface area contributed by atoms with Crippen molar-refractivity contribution in [2.24, 2.45) is 16.0 Å². The van der Waals surface area contributed by atoms with Crippen LogP contribution in [0.2, 0.25) is 0 Å². The van der Waals surface area contributed by atoms with E-state index in [0.717, 1.165) is 51.5 Å². The molecule has 0 amide bonds. The zero-order valence-corrected chi connectivity index (χ0v) is 16.6. The van der Waals surface area contributed by atoms with Crippen LogP contribution in [0.15, 0.2) is 4.99 Å². The van der Waals surface area contributed by atoms with Crippen molar-refractivity contribution in [1.29, 1.82) is 0 Å². The topological polar surface area (TPSA) is 97.0 Å². The molecule has 9 heteroatoms. The van der Waals surface area contributed by atoms with Crippen molar-refractivity contribution in [1.82, 2.24) is 10.2 Å². The third kappa shape index (κ3) is 9.80. The molecule has 0 aromatic rings. The molecule has 132 valence electrons. The molecule has 22 heavy (non-hydrogen) atoms. The number of nitrogens with zero attached hydrogens (tertiary/aromatic N) is 2. The van der Waals surface area contributed by atoms with Gasteiger partial charge in [0, 0.05) is 33.4 Å². The smallest absolute Gasteiger partial charge is 0.210 e. The van der Waals surface area contributed by atoms with E-state index in [0.29, 0.717) is 5.92 Å². The van der Waals surface area contributed by atoms with Gasteiger partial charge in [0.15, 0.2) is 5.96 Å². The highest BCUT2D eigenvalue weighted by Crippen LogP contribution is 2.18. The van der Waals surface area contributed by atoms with E-state index >= 15 is 0 Å². The summed E-state index contributed by atoms with van der Waals surface area (Å²) in [5.74, 6) is 1.30. The maximum absolute atomic E-state index is 10.9. The highest BCUT2D eigenvalue weighted by molar-refractivity contribution is 14.0. The molecule has 3 N–H and O–H groups in total. The van der Waals surface area contributed by atoms with Crippen molar-refractivity contribution in [3.8, 4) is 0 Å². The summed E-state index contributed by atoms with van der Waals surface area (Å²) in [5.41, 5.74) is 0. The van der Waals surface area contributed by atoms with E-state index in [1.165, 1.54) is 0 Å². The number of aliphatic imine (C=N–C) groups is 1. The highest BCUT2D eigenvalue weighted by atomic mass is 127. The lowest BCUT2D eigenvalue weighted by Gasteiger charge is -2.26. The fourth-order valence-electron chi connectivity index (χ4n) is 2.27. The van der Waals surface area contributed by atoms with Crippen LogP contribution >= 0.6 is 24.0 Å². The van der Waals surface area contributed by atoms with Crippen molar-refractivity contribution >= 4 is 40.0 Å². The van der Waals surface area contributed by atoms with Gasteiger partial charge in [0.1, 0.15) is 0 Å². The Morgan fingerprint density at radius 2 is 2.05 bits per heavy atom. The Morgan fingerprint density at radius 3 is 2.59 bits per heavy atom. The van der Waals surface area contributed by atoms with E-state index in [-0.39, 0.29) is 36.3 Å². The molecule has 0 bridgehead atoms. The van der Waals surface area contributed by atoms with Gasteiger partial charge in [0.05, 0.1) is 12.3 Å². The van der Waals surface area contributed by atoms with Crippen LogP contribution in [0, 0.1) is 5.92 Å². The Balaban J connectivity index is 0.00000441. The average molecular weight is 448 g/mol. The fourth-order valence-corrected chi connectivity index (χ4v) is 2.61. The highest BCUT2D eigenvalue weighted by Gasteiger charge is 2.15. The second kappa shape index (κ2) is 11.4. The molecular weight excluding hydrogens is 419 g/mol. The van der Waals surface area contributed by atoms with Crippen LogP contribution in [-0.4, -0.2) is 64.9 Å². The SMILES string of the molecule is CCNC(=NCCS(N)(=O)=O)N(C)CCC1CCOCC1.I. The number of guanidine groups is 1. The summed E-state index contributed by atoms with van der Waals surface area (Å²) in [5, 5.41) is 8.16. The minimum Gasteiger partial charge on any atom is -0.381 e. The molecule has 0 aromatic heterocycles. The Hall–Kier alpha value is -0.130. The molecule has 0 aliphatic carbocycles. The average Bonchev–Trinajstić information content (AvgIpc) is 2.44. The Labute approximate surface area is 151 Å². The summed E-state index contributed by atoms with van der Waals surface area (Å²) >= 11 is 0. The van der Waals surface area contributed by atoms with Crippen molar-refractivity contribution < 1.29 is 13.2 Å². The summed E-state index contributed by atoms with van der Waals surface area (Å²) in [6.07, 6.45) is 3.33. The molecule has 0 aromatic carbocycles. The Bertz CT molecular complexity index is 425. The van der Waals surface area contributed by atoms with Crippen molar-refractivity contribution in [2.45, 2.75) is 26.2 Å². The number of rotatable bonds is 7. The van der Waals surface area contributed by atoms with Crippen LogP contribution in [0.3, 0.4) is 0 Å². The maximum Gasteiger partial charge on any atom is 0.210 e. The molecule has 1 saturated heterocycles. The van der Waals surface area contributed by atoms with Gasteiger partial charge in [0.2, 0.25) is 10.0 Å². The molecule has 0 spiro atoms. The first-order valence-corrected chi connectivity index (χ1v) is 9.21. The lowest BCUT2D eigenvalue weighted by molar-refractivity contribution is 0.0625. The summed E-state index contributed by atoms with van der Waals surface area (Å²) < 4.78 is 27.2. The van der Waals surface area contributed by atoms with Crippen LogP contribution in [0.5, 0.6) is 0 Å². The van der Waals surface area contributed by atoms with E-state index < -0.39 is 10.0 Å². The Kier molecular flexibility index (Phi) is 11.3. The predicted octanol–water partition coefficient (Wildman–Crippen LogP) is 0.607. The van der Waals surface area contributed by atoms with Gasteiger partial charge in [-0.2, -0.15) is 0 Å². The Morgan fingerprint density at radius 1 is 1.41 bits per heavy atom. The lowest BCUT2D eigenvalue weighted by Crippen LogP contribution is -2.40. The van der Waals surface area contributed by atoms with Gasteiger partial charge >= 0.3 is 0 Å². The molecule has 1 aliphatic heterocycles. The van der Waals surface area contributed by atoms with E-state index in [9.17, 15) is 8.42 Å². The first kappa shape index (κ1) is 21.9. The van der Waals surface area contributed by atoms with E-state index in [1.54, 1.807) is 0 Å². The van der Waals surface area contributed by atoms with Gasteiger partial charge in [0.25, 0.3) is 0 Å². The molecule has 1 heterocycles. The minimum absolute atomic E-state index is 0. The molecule has 1 fully saturated rings. The number of primary sulfonamides is 1. The van der Waals surface area contributed by atoms with E-state index in [1.807, 2.05) is 18.9 Å². The summed E-state index contributed by atoms with van der Waals surface area (Å²) in [6.45, 7) is 5.53. The zero-order valence-electron chi connectivity index (χ0n) is 13.5. The fraction of sp³-hybridized carbons (Fsp3) is 0.923. The predicted molar refractivity (Wildman–Crippen MR) is 100 cm³/mol. The monoisotopic (exact) mass is 448 g/mol. The van der Waals surface area contributed by atoms with Crippen LogP contribution in [0.25, 0.3) is 0 Å². The molecule has 7 nitrogen and oxygen atoms in total. The molecule has 0 unspecified atom stereocenters. The van der Waals surface area contributed by atoms with E-state index in [2.05, 4.69) is 10.3 Å². The van der Waals surface area contributed by atoms with Gasteiger partial charge in [-0.05, 0) is 32.1 Å². The number of halogens is 1. The summed E-state index contributed by atoms with van der Waals surface area (Å²) in [6, 6.07) is 0. The summed E-state index contributed by atoms with van der Waals surface area (Å²) in [4.78, 5) is 6.35. The van der Waals surface area contributed by atoms with Gasteiger partial charge in [-0.3, -0.25) is 4.99 Å². The van der Waals surface area contributed by atoms with Gasteiger partial charge in [-0.1, -0.05) is 0 Å². The number of hydrogen-bond donors (Lipinski definition) is 2. The third-order valence-electron chi connectivity index (χ3n) is 3.55. The first-order valence-electron chi connectivity index (χ1n) is 7.50. The molecule has 0 saturated carbocycles. The van der Waals surface area contributed by atoms with E-state index in [4.69, 9.17) is 9.88 Å². The number of hydrogen-bond acceptors (Lipinski definition) is 4. The zero-order chi connectivity index (χ0) is 15.7. The number of ether oxygens (including phenoxy) is 1. The van der Waals surface area contributed by atoms with Gasteiger partial charge in [-0.25, -0.2) is 13.6 Å². The molecule has 0 atom stereocenters. The molecular formula is C13H29IN4O3S.